The van der Waals surface area contributed by atoms with Crippen LogP contribution in [0.25, 0.3) is 0 Å². The van der Waals surface area contributed by atoms with Gasteiger partial charge in [0.2, 0.25) is 0 Å². The zero-order chi connectivity index (χ0) is 17.5. The number of benzene rings is 1. The number of hydrogen-bond donors (Lipinski definition) is 1. The van der Waals surface area contributed by atoms with E-state index in [0.29, 0.717) is 5.92 Å². The lowest BCUT2D eigenvalue weighted by Gasteiger charge is -2.25. The van der Waals surface area contributed by atoms with Crippen LogP contribution in [0, 0.1) is 0 Å². The molecule has 0 saturated heterocycles. The summed E-state index contributed by atoms with van der Waals surface area (Å²) in [6.07, 6.45) is 6.24. The largest absolute Gasteiger partial charge is 0.488 e. The van der Waals surface area contributed by atoms with Crippen molar-refractivity contribution >= 4 is 5.82 Å². The van der Waals surface area contributed by atoms with E-state index < -0.39 is 0 Å². The van der Waals surface area contributed by atoms with Gasteiger partial charge in [0.1, 0.15) is 23.5 Å². The molecule has 0 amide bonds. The van der Waals surface area contributed by atoms with E-state index in [0.717, 1.165) is 43.4 Å². The van der Waals surface area contributed by atoms with Crippen LogP contribution in [-0.4, -0.2) is 29.7 Å². The molecule has 5 heteroatoms. The van der Waals surface area contributed by atoms with Crippen LogP contribution in [0.2, 0.25) is 0 Å². The number of para-hydroxylation sites is 1. The molecule has 0 unspecified atom stereocenters. The summed E-state index contributed by atoms with van der Waals surface area (Å²) < 4.78 is 6.15. The molecule has 1 fully saturated rings. The summed E-state index contributed by atoms with van der Waals surface area (Å²) in [4.78, 5) is 12.2. The Bertz CT molecular complexity index is 791. The minimum atomic E-state index is 0.187. The Kier molecular flexibility index (Phi) is 4.04. The Morgan fingerprint density at radius 1 is 1.15 bits per heavy atom. The molecule has 5 nitrogen and oxygen atoms in total. The van der Waals surface area contributed by atoms with Gasteiger partial charge in [0.25, 0.3) is 0 Å². The van der Waals surface area contributed by atoms with Crippen LogP contribution >= 0.6 is 0 Å². The molecule has 1 N–H and O–H groups in total. The van der Waals surface area contributed by atoms with Gasteiger partial charge in [-0.1, -0.05) is 31.0 Å². The van der Waals surface area contributed by atoms with E-state index >= 15 is 0 Å². The quantitative estimate of drug-likeness (QED) is 0.918. The third kappa shape index (κ3) is 2.84. The Morgan fingerprint density at radius 3 is 2.85 bits per heavy atom. The van der Waals surface area contributed by atoms with E-state index in [9.17, 15) is 0 Å². The first kappa shape index (κ1) is 16.1. The van der Waals surface area contributed by atoms with E-state index in [2.05, 4.69) is 35.5 Å². The summed E-state index contributed by atoms with van der Waals surface area (Å²) in [7, 11) is 2.14. The van der Waals surface area contributed by atoms with Gasteiger partial charge in [0, 0.05) is 38.0 Å². The Balaban J connectivity index is 1.39. The second kappa shape index (κ2) is 6.54. The summed E-state index contributed by atoms with van der Waals surface area (Å²) in [5.41, 5.74) is 3.77. The lowest BCUT2D eigenvalue weighted by atomic mass is 10.1. The highest BCUT2D eigenvalue weighted by molar-refractivity contribution is 5.51. The number of ether oxygens (including phenoxy) is 1. The van der Waals surface area contributed by atoms with Crippen molar-refractivity contribution in [3.63, 3.8) is 0 Å². The van der Waals surface area contributed by atoms with Gasteiger partial charge in [-0.3, -0.25) is 0 Å². The van der Waals surface area contributed by atoms with Crippen molar-refractivity contribution in [3.8, 4) is 5.75 Å². The highest BCUT2D eigenvalue weighted by Gasteiger charge is 2.29. The Hall–Kier alpha value is -2.14. The molecule has 2 aliphatic heterocycles. The van der Waals surface area contributed by atoms with Crippen molar-refractivity contribution < 1.29 is 4.74 Å². The summed E-state index contributed by atoms with van der Waals surface area (Å²) in [5.74, 6) is 3.73. The van der Waals surface area contributed by atoms with Gasteiger partial charge in [0.05, 0.1) is 12.2 Å². The van der Waals surface area contributed by atoms with Crippen molar-refractivity contribution in [2.45, 2.75) is 57.2 Å². The number of hydrogen-bond acceptors (Lipinski definition) is 5. The van der Waals surface area contributed by atoms with Gasteiger partial charge in [0.15, 0.2) is 0 Å². The molecule has 1 saturated carbocycles. The molecular formula is C21H26N4O. The number of aromatic nitrogens is 2. The minimum Gasteiger partial charge on any atom is -0.488 e. The van der Waals surface area contributed by atoms with E-state index in [4.69, 9.17) is 14.7 Å². The van der Waals surface area contributed by atoms with E-state index in [1.165, 1.54) is 42.5 Å². The molecule has 1 aromatic carbocycles. The highest BCUT2D eigenvalue weighted by Crippen LogP contribution is 2.35. The maximum atomic E-state index is 6.15. The smallest absolute Gasteiger partial charge is 0.137 e. The molecule has 0 bridgehead atoms. The summed E-state index contributed by atoms with van der Waals surface area (Å²) in [6.45, 7) is 2.58. The second-order valence-electron chi connectivity index (χ2n) is 7.85. The fraction of sp³-hybridized carbons (Fsp3) is 0.524. The van der Waals surface area contributed by atoms with Crippen LogP contribution in [0.15, 0.2) is 24.3 Å². The number of rotatable bonds is 4. The summed E-state index contributed by atoms with van der Waals surface area (Å²) in [5, 5.41) is 3.45. The predicted molar refractivity (Wildman–Crippen MR) is 102 cm³/mol. The maximum Gasteiger partial charge on any atom is 0.137 e. The van der Waals surface area contributed by atoms with E-state index in [1.54, 1.807) is 0 Å². The SMILES string of the molecule is CN(C[C@H]1Cc2ccccc2O1)c1nc(C2CCCC2)nc2c1CNC2. The van der Waals surface area contributed by atoms with Crippen molar-refractivity contribution in [2.24, 2.45) is 0 Å². The van der Waals surface area contributed by atoms with Crippen LogP contribution in [0.1, 0.15) is 54.2 Å². The zero-order valence-electron chi connectivity index (χ0n) is 15.4. The minimum absolute atomic E-state index is 0.187. The fourth-order valence-electron chi connectivity index (χ4n) is 4.60. The average Bonchev–Trinajstić information content (AvgIpc) is 3.39. The van der Waals surface area contributed by atoms with Gasteiger partial charge in [-0.15, -0.1) is 0 Å². The second-order valence-corrected chi connectivity index (χ2v) is 7.85. The van der Waals surface area contributed by atoms with Crippen molar-refractivity contribution in [2.75, 3.05) is 18.5 Å². The van der Waals surface area contributed by atoms with Crippen molar-refractivity contribution in [1.29, 1.82) is 0 Å². The monoisotopic (exact) mass is 350 g/mol. The number of nitrogens with one attached hydrogen (secondary N) is 1. The van der Waals surface area contributed by atoms with Gasteiger partial charge in [-0.25, -0.2) is 9.97 Å². The number of nitrogens with zero attached hydrogens (tertiary/aromatic N) is 3. The molecule has 1 aliphatic carbocycles. The third-order valence-corrected chi connectivity index (χ3v) is 5.96. The van der Waals surface area contributed by atoms with E-state index in [-0.39, 0.29) is 6.10 Å². The first-order chi connectivity index (χ1) is 12.8. The molecule has 2 aromatic rings. The van der Waals surface area contributed by atoms with Crippen LogP contribution in [0.3, 0.4) is 0 Å². The highest BCUT2D eigenvalue weighted by atomic mass is 16.5. The number of fused-ring (bicyclic) bond motifs is 2. The topological polar surface area (TPSA) is 50.3 Å². The van der Waals surface area contributed by atoms with Gasteiger partial charge in [-0.2, -0.15) is 0 Å². The van der Waals surface area contributed by atoms with Crippen LogP contribution < -0.4 is 15.0 Å². The lowest BCUT2D eigenvalue weighted by molar-refractivity contribution is 0.239. The van der Waals surface area contributed by atoms with Gasteiger partial charge in [-0.05, 0) is 24.5 Å². The van der Waals surface area contributed by atoms with Gasteiger partial charge >= 0.3 is 0 Å². The fourth-order valence-corrected chi connectivity index (χ4v) is 4.60. The average molecular weight is 350 g/mol. The van der Waals surface area contributed by atoms with Crippen LogP contribution in [-0.2, 0) is 19.5 Å². The Labute approximate surface area is 154 Å². The first-order valence-electron chi connectivity index (χ1n) is 9.84. The Morgan fingerprint density at radius 2 is 2.00 bits per heavy atom. The third-order valence-electron chi connectivity index (χ3n) is 5.96. The first-order valence-corrected chi connectivity index (χ1v) is 9.84. The molecule has 136 valence electrons. The standard InChI is InChI=1S/C21H26N4O/c1-25(13-16-10-15-8-4-5-9-19(15)26-16)21-17-11-22-12-18(17)23-20(24-21)14-6-2-3-7-14/h4-5,8-9,14,16,22H,2-3,6-7,10-13H2,1H3/t16-/m1/s1. The van der Waals surface area contributed by atoms with Gasteiger partial charge < -0.3 is 15.0 Å². The zero-order valence-corrected chi connectivity index (χ0v) is 15.4. The molecule has 0 radical (unpaired) electrons. The number of anilines is 1. The normalized spacial score (nSPS) is 21.5. The molecule has 5 rings (SSSR count). The van der Waals surface area contributed by atoms with Crippen molar-refractivity contribution in [1.82, 2.24) is 15.3 Å². The predicted octanol–water partition coefficient (Wildman–Crippen LogP) is 3.18. The molecule has 1 atom stereocenters. The molecule has 3 aliphatic rings. The molecule has 1 aromatic heterocycles. The van der Waals surface area contributed by atoms with E-state index in [1.807, 2.05) is 6.07 Å². The van der Waals surface area contributed by atoms with Crippen molar-refractivity contribution in [3.05, 3.63) is 46.9 Å². The number of likely N-dealkylation sites (N-methyl/N-ethyl adjacent to an activating group) is 1. The molecular weight excluding hydrogens is 324 g/mol. The molecule has 26 heavy (non-hydrogen) atoms. The lowest BCUT2D eigenvalue weighted by Crippen LogP contribution is -2.33. The maximum absolute atomic E-state index is 6.15. The van der Waals surface area contributed by atoms with Crippen LogP contribution in [0.4, 0.5) is 5.82 Å². The molecule has 0 spiro atoms. The summed E-state index contributed by atoms with van der Waals surface area (Å²) in [6, 6.07) is 8.37. The molecule has 3 heterocycles. The summed E-state index contributed by atoms with van der Waals surface area (Å²) >= 11 is 0. The van der Waals surface area contributed by atoms with Crippen LogP contribution in [0.5, 0.6) is 5.75 Å².